The van der Waals surface area contributed by atoms with Crippen molar-refractivity contribution in [3.63, 3.8) is 0 Å². The molecule has 2 amide bonds. The van der Waals surface area contributed by atoms with Gasteiger partial charge in [-0.05, 0) is 61.1 Å². The number of hydrogen-bond donors (Lipinski definition) is 2. The summed E-state index contributed by atoms with van der Waals surface area (Å²) in [6.45, 7) is 3.77. The lowest BCUT2D eigenvalue weighted by atomic mass is 9.96. The molecule has 2 aromatic carbocycles. The van der Waals surface area contributed by atoms with Crippen molar-refractivity contribution < 1.29 is 27.7 Å². The molecule has 4 rings (SSSR count). The molecule has 0 atom stereocenters. The van der Waals surface area contributed by atoms with E-state index in [0.717, 1.165) is 22.6 Å². The standard InChI is InChI=1S/C32H34F3N5O3/c1-21-29(25-5-4-6-26(15-25)32(33,34)35)30(42)27(19-40(21)18-24-9-7-22(16-36)8-10-24)31(43)37-17-23-11-13-39(14-12-23)28(41)20-38(2)3/h4-10,15,19,23H,11-14,17-18,20H2,1-3H3,(H,37,43)/p+1. The second-order valence-electron chi connectivity index (χ2n) is 11.3. The van der Waals surface area contributed by atoms with Crippen molar-refractivity contribution in [3.8, 4) is 17.2 Å². The molecule has 1 aliphatic heterocycles. The predicted molar refractivity (Wildman–Crippen MR) is 155 cm³/mol. The number of nitrogens with one attached hydrogen (secondary N) is 2. The predicted octanol–water partition coefficient (Wildman–Crippen LogP) is 2.88. The van der Waals surface area contributed by atoms with Gasteiger partial charge in [-0.15, -0.1) is 0 Å². The Morgan fingerprint density at radius 2 is 1.77 bits per heavy atom. The number of halogens is 3. The second-order valence-corrected chi connectivity index (χ2v) is 11.3. The van der Waals surface area contributed by atoms with E-state index in [1.807, 2.05) is 19.0 Å². The van der Waals surface area contributed by atoms with Crippen molar-refractivity contribution in [1.29, 1.82) is 5.26 Å². The van der Waals surface area contributed by atoms with Crippen LogP contribution in [0.15, 0.2) is 59.5 Å². The molecule has 0 saturated carbocycles. The van der Waals surface area contributed by atoms with E-state index in [4.69, 9.17) is 5.26 Å². The van der Waals surface area contributed by atoms with Gasteiger partial charge in [-0.25, -0.2) is 0 Å². The zero-order valence-electron chi connectivity index (χ0n) is 24.4. The maximum absolute atomic E-state index is 13.7. The van der Waals surface area contributed by atoms with Crippen LogP contribution < -0.4 is 15.6 Å². The highest BCUT2D eigenvalue weighted by molar-refractivity contribution is 5.95. The summed E-state index contributed by atoms with van der Waals surface area (Å²) in [4.78, 5) is 42.4. The Morgan fingerprint density at radius 1 is 1.09 bits per heavy atom. The number of benzene rings is 2. The third-order valence-corrected chi connectivity index (χ3v) is 7.73. The number of alkyl halides is 3. The third kappa shape index (κ3) is 7.70. The quantitative estimate of drug-likeness (QED) is 0.419. The van der Waals surface area contributed by atoms with Gasteiger partial charge >= 0.3 is 6.18 Å². The van der Waals surface area contributed by atoms with Gasteiger partial charge in [0, 0.05) is 43.6 Å². The summed E-state index contributed by atoms with van der Waals surface area (Å²) in [5, 5.41) is 12.0. The monoisotopic (exact) mass is 594 g/mol. The van der Waals surface area contributed by atoms with Crippen molar-refractivity contribution in [2.75, 3.05) is 40.3 Å². The Labute approximate surface area is 248 Å². The normalized spacial score (nSPS) is 14.0. The fourth-order valence-electron chi connectivity index (χ4n) is 5.29. The maximum atomic E-state index is 13.7. The van der Waals surface area contributed by atoms with Crippen molar-refractivity contribution in [1.82, 2.24) is 14.8 Å². The molecule has 1 fully saturated rings. The lowest BCUT2D eigenvalue weighted by Crippen LogP contribution is -3.07. The molecule has 226 valence electrons. The number of nitrogens with zero attached hydrogens (tertiary/aromatic N) is 3. The lowest BCUT2D eigenvalue weighted by molar-refractivity contribution is -0.849. The minimum atomic E-state index is -4.60. The molecule has 1 aromatic heterocycles. The summed E-state index contributed by atoms with van der Waals surface area (Å²) >= 11 is 0. The number of likely N-dealkylation sites (tertiary alicyclic amines) is 1. The van der Waals surface area contributed by atoms with E-state index < -0.39 is 23.1 Å². The summed E-state index contributed by atoms with van der Waals surface area (Å²) in [5.74, 6) is -0.400. The maximum Gasteiger partial charge on any atom is 0.416 e. The van der Waals surface area contributed by atoms with Gasteiger partial charge in [-0.2, -0.15) is 18.4 Å². The van der Waals surface area contributed by atoms with E-state index >= 15 is 0 Å². The summed E-state index contributed by atoms with van der Waals surface area (Å²) in [5.41, 5.74) is 0.0175. The van der Waals surface area contributed by atoms with Gasteiger partial charge in [0.05, 0.1) is 31.3 Å². The molecular weight excluding hydrogens is 559 g/mol. The Balaban J connectivity index is 1.62. The Kier molecular flexibility index (Phi) is 9.71. The SMILES string of the molecule is Cc1c(-c2cccc(C(F)(F)F)c2)c(=O)c(C(=O)NCC2CCN(C(=O)C[NH+](C)C)CC2)cn1Cc1ccc(C#N)cc1. The van der Waals surface area contributed by atoms with Gasteiger partial charge in [0.25, 0.3) is 11.8 Å². The zero-order chi connectivity index (χ0) is 31.3. The Hall–Kier alpha value is -4.43. The van der Waals surface area contributed by atoms with Crippen molar-refractivity contribution in [3.05, 3.63) is 92.9 Å². The number of quaternary nitrogens is 1. The number of carbonyl (C=O) groups is 2. The molecule has 1 saturated heterocycles. The molecule has 0 unspecified atom stereocenters. The van der Waals surface area contributed by atoms with E-state index in [2.05, 4.69) is 11.4 Å². The number of hydrogen-bond acceptors (Lipinski definition) is 4. The molecule has 8 nitrogen and oxygen atoms in total. The highest BCUT2D eigenvalue weighted by atomic mass is 19.4. The van der Waals surface area contributed by atoms with Gasteiger partial charge in [-0.3, -0.25) is 14.4 Å². The van der Waals surface area contributed by atoms with Gasteiger partial charge in [0.2, 0.25) is 5.43 Å². The van der Waals surface area contributed by atoms with E-state index in [1.165, 1.54) is 18.3 Å². The van der Waals surface area contributed by atoms with Crippen LogP contribution in [0.4, 0.5) is 13.2 Å². The van der Waals surface area contributed by atoms with Gasteiger partial charge < -0.3 is 19.7 Å². The second kappa shape index (κ2) is 13.3. The van der Waals surface area contributed by atoms with E-state index in [-0.39, 0.29) is 35.1 Å². The smallest absolute Gasteiger partial charge is 0.352 e. The van der Waals surface area contributed by atoms with Crippen molar-refractivity contribution >= 4 is 11.8 Å². The summed E-state index contributed by atoms with van der Waals surface area (Å²) in [6.07, 6.45) is -1.75. The van der Waals surface area contributed by atoms with Crippen LogP contribution in [-0.2, 0) is 17.5 Å². The van der Waals surface area contributed by atoms with Crippen LogP contribution in [0, 0.1) is 24.2 Å². The van der Waals surface area contributed by atoms with Crippen LogP contribution in [-0.4, -0.2) is 61.6 Å². The summed E-state index contributed by atoms with van der Waals surface area (Å²) in [7, 11) is 3.84. The minimum absolute atomic E-state index is 0.0160. The molecule has 43 heavy (non-hydrogen) atoms. The van der Waals surface area contributed by atoms with Gasteiger partial charge in [-0.1, -0.05) is 24.3 Å². The molecule has 0 bridgehead atoms. The number of amides is 2. The number of aromatic nitrogens is 1. The first-order chi connectivity index (χ1) is 20.4. The molecule has 2 N–H and O–H groups in total. The number of carbonyl (C=O) groups excluding carboxylic acids is 2. The highest BCUT2D eigenvalue weighted by Crippen LogP contribution is 2.32. The van der Waals surface area contributed by atoms with Crippen molar-refractivity contribution in [2.45, 2.75) is 32.5 Å². The molecule has 0 spiro atoms. The molecule has 0 radical (unpaired) electrons. The number of rotatable bonds is 8. The summed E-state index contributed by atoms with van der Waals surface area (Å²) in [6, 6.07) is 13.4. The molecule has 1 aliphatic rings. The molecule has 2 heterocycles. The topological polar surface area (TPSA) is 99.6 Å². The molecular formula is C32H35F3N5O3+. The minimum Gasteiger partial charge on any atom is -0.352 e. The first kappa shape index (κ1) is 31.5. The molecule has 3 aromatic rings. The average molecular weight is 595 g/mol. The van der Waals surface area contributed by atoms with E-state index in [0.29, 0.717) is 50.3 Å². The fourth-order valence-corrected chi connectivity index (χ4v) is 5.29. The van der Waals surface area contributed by atoms with E-state index in [1.54, 1.807) is 35.8 Å². The fraction of sp³-hybridized carbons (Fsp3) is 0.375. The molecule has 0 aliphatic carbocycles. The first-order valence-electron chi connectivity index (χ1n) is 14.1. The van der Waals surface area contributed by atoms with E-state index in [9.17, 15) is 27.6 Å². The number of pyridine rings is 1. The van der Waals surface area contributed by atoms with Crippen LogP contribution in [0.2, 0.25) is 0 Å². The summed E-state index contributed by atoms with van der Waals surface area (Å²) < 4.78 is 42.3. The first-order valence-corrected chi connectivity index (χ1v) is 14.1. The number of nitriles is 1. The van der Waals surface area contributed by atoms with Crippen molar-refractivity contribution in [2.24, 2.45) is 5.92 Å². The van der Waals surface area contributed by atoms with Crippen LogP contribution >= 0.6 is 0 Å². The largest absolute Gasteiger partial charge is 0.416 e. The van der Waals surface area contributed by atoms with Crippen LogP contribution in [0.5, 0.6) is 0 Å². The molecule has 11 heteroatoms. The van der Waals surface area contributed by atoms with Gasteiger partial charge in [0.15, 0.2) is 6.54 Å². The van der Waals surface area contributed by atoms with Crippen LogP contribution in [0.1, 0.15) is 45.6 Å². The third-order valence-electron chi connectivity index (χ3n) is 7.73. The Bertz CT molecular complexity index is 1580. The average Bonchev–Trinajstić information content (AvgIpc) is 2.97. The highest BCUT2D eigenvalue weighted by Gasteiger charge is 2.31. The van der Waals surface area contributed by atoms with Crippen LogP contribution in [0.3, 0.4) is 0 Å². The Morgan fingerprint density at radius 3 is 2.37 bits per heavy atom. The van der Waals surface area contributed by atoms with Gasteiger partial charge in [0.1, 0.15) is 5.56 Å². The number of likely N-dealkylation sites (N-methyl/N-ethyl adjacent to an activating group) is 1. The lowest BCUT2D eigenvalue weighted by Gasteiger charge is -2.32. The zero-order valence-corrected chi connectivity index (χ0v) is 24.4. The van der Waals surface area contributed by atoms with Crippen LogP contribution in [0.25, 0.3) is 11.1 Å². The number of piperidine rings is 1.